The van der Waals surface area contributed by atoms with Crippen molar-refractivity contribution in [3.05, 3.63) is 35.9 Å². The highest BCUT2D eigenvalue weighted by atomic mass is 16.4. The van der Waals surface area contributed by atoms with Crippen LogP contribution in [0.5, 0.6) is 0 Å². The standard InChI is InChI=1S/C14H19NO3/c1-11(16)13(14(17)18)8-10-15-9-7-12-5-3-2-4-6-12/h2-6,13,15H,7-10H2,1H3,(H,17,18). The summed E-state index contributed by atoms with van der Waals surface area (Å²) in [4.78, 5) is 21.8. The number of carbonyl (C=O) groups excluding carboxylic acids is 1. The van der Waals surface area contributed by atoms with Crippen LogP contribution in [-0.2, 0) is 16.0 Å². The highest BCUT2D eigenvalue weighted by Gasteiger charge is 2.21. The Kier molecular flexibility index (Phi) is 6.08. The fraction of sp³-hybridized carbons (Fsp3) is 0.429. The fourth-order valence-electron chi connectivity index (χ4n) is 1.75. The average molecular weight is 249 g/mol. The number of benzene rings is 1. The number of ketones is 1. The van der Waals surface area contributed by atoms with Crippen LogP contribution in [0.2, 0.25) is 0 Å². The molecule has 0 saturated heterocycles. The van der Waals surface area contributed by atoms with E-state index in [-0.39, 0.29) is 5.78 Å². The predicted molar refractivity (Wildman–Crippen MR) is 69.4 cm³/mol. The molecular formula is C14H19NO3. The third-order valence-electron chi connectivity index (χ3n) is 2.83. The number of carbonyl (C=O) groups is 2. The molecule has 0 saturated carbocycles. The zero-order valence-corrected chi connectivity index (χ0v) is 10.6. The Labute approximate surface area is 107 Å². The summed E-state index contributed by atoms with van der Waals surface area (Å²) >= 11 is 0. The number of nitrogens with one attached hydrogen (secondary N) is 1. The minimum Gasteiger partial charge on any atom is -0.481 e. The van der Waals surface area contributed by atoms with Crippen molar-refractivity contribution in [2.75, 3.05) is 13.1 Å². The van der Waals surface area contributed by atoms with Crippen molar-refractivity contribution in [3.8, 4) is 0 Å². The highest BCUT2D eigenvalue weighted by molar-refractivity contribution is 5.96. The first-order valence-corrected chi connectivity index (χ1v) is 6.09. The van der Waals surface area contributed by atoms with Gasteiger partial charge in [0.1, 0.15) is 11.7 Å². The van der Waals surface area contributed by atoms with Crippen LogP contribution in [-0.4, -0.2) is 29.9 Å². The van der Waals surface area contributed by atoms with E-state index < -0.39 is 11.9 Å². The average Bonchev–Trinajstić information content (AvgIpc) is 2.34. The van der Waals surface area contributed by atoms with Crippen LogP contribution >= 0.6 is 0 Å². The molecule has 1 unspecified atom stereocenters. The molecule has 4 heteroatoms. The van der Waals surface area contributed by atoms with Gasteiger partial charge in [-0.25, -0.2) is 0 Å². The van der Waals surface area contributed by atoms with Gasteiger partial charge >= 0.3 is 5.97 Å². The minimum absolute atomic E-state index is 0.285. The summed E-state index contributed by atoms with van der Waals surface area (Å²) in [6.45, 7) is 2.65. The number of aliphatic carboxylic acids is 1. The normalized spacial score (nSPS) is 12.1. The van der Waals surface area contributed by atoms with Crippen LogP contribution in [0.4, 0.5) is 0 Å². The van der Waals surface area contributed by atoms with E-state index in [9.17, 15) is 9.59 Å². The first-order chi connectivity index (χ1) is 8.61. The molecule has 0 aromatic heterocycles. The Morgan fingerprint density at radius 2 is 1.89 bits per heavy atom. The fourth-order valence-corrected chi connectivity index (χ4v) is 1.75. The largest absolute Gasteiger partial charge is 0.481 e. The molecule has 4 nitrogen and oxygen atoms in total. The van der Waals surface area contributed by atoms with E-state index in [0.29, 0.717) is 13.0 Å². The van der Waals surface area contributed by atoms with Gasteiger partial charge in [-0.1, -0.05) is 30.3 Å². The zero-order chi connectivity index (χ0) is 13.4. The van der Waals surface area contributed by atoms with Crippen LogP contribution in [0.25, 0.3) is 0 Å². The molecule has 1 aromatic rings. The molecule has 0 aliphatic rings. The Balaban J connectivity index is 2.19. The molecule has 0 radical (unpaired) electrons. The van der Waals surface area contributed by atoms with Crippen molar-refractivity contribution in [2.24, 2.45) is 5.92 Å². The topological polar surface area (TPSA) is 66.4 Å². The second-order valence-electron chi connectivity index (χ2n) is 4.28. The molecule has 0 aliphatic heterocycles. The molecule has 0 aliphatic carbocycles. The molecule has 0 spiro atoms. The van der Waals surface area contributed by atoms with E-state index >= 15 is 0 Å². The van der Waals surface area contributed by atoms with Crippen molar-refractivity contribution in [2.45, 2.75) is 19.8 Å². The second-order valence-corrected chi connectivity index (χ2v) is 4.28. The van der Waals surface area contributed by atoms with Crippen molar-refractivity contribution < 1.29 is 14.7 Å². The molecule has 1 rings (SSSR count). The lowest BCUT2D eigenvalue weighted by molar-refractivity contribution is -0.145. The summed E-state index contributed by atoms with van der Waals surface area (Å²) in [6, 6.07) is 10.1. The van der Waals surface area contributed by atoms with Crippen LogP contribution in [0, 0.1) is 5.92 Å². The maximum Gasteiger partial charge on any atom is 0.314 e. The minimum atomic E-state index is -1.03. The maximum absolute atomic E-state index is 11.1. The van der Waals surface area contributed by atoms with E-state index in [0.717, 1.165) is 13.0 Å². The lowest BCUT2D eigenvalue weighted by Crippen LogP contribution is -2.27. The summed E-state index contributed by atoms with van der Waals surface area (Å²) in [5.41, 5.74) is 1.24. The van der Waals surface area contributed by atoms with E-state index in [1.165, 1.54) is 12.5 Å². The maximum atomic E-state index is 11.1. The van der Waals surface area contributed by atoms with Gasteiger partial charge in [-0.15, -0.1) is 0 Å². The van der Waals surface area contributed by atoms with E-state index in [2.05, 4.69) is 17.4 Å². The summed E-state index contributed by atoms with van der Waals surface area (Å²) in [5.74, 6) is -2.20. The lowest BCUT2D eigenvalue weighted by atomic mass is 10.0. The second kappa shape index (κ2) is 7.61. The Morgan fingerprint density at radius 1 is 1.22 bits per heavy atom. The molecule has 2 N–H and O–H groups in total. The molecule has 0 fully saturated rings. The van der Waals surface area contributed by atoms with Gasteiger partial charge < -0.3 is 10.4 Å². The Hall–Kier alpha value is -1.68. The van der Waals surface area contributed by atoms with Gasteiger partial charge in [0.25, 0.3) is 0 Å². The highest BCUT2D eigenvalue weighted by Crippen LogP contribution is 2.04. The van der Waals surface area contributed by atoms with Crippen molar-refractivity contribution in [1.82, 2.24) is 5.32 Å². The van der Waals surface area contributed by atoms with Crippen LogP contribution in [0.3, 0.4) is 0 Å². The van der Waals surface area contributed by atoms with Crippen molar-refractivity contribution in [1.29, 1.82) is 0 Å². The molecule has 1 aromatic carbocycles. The van der Waals surface area contributed by atoms with Gasteiger partial charge in [0.05, 0.1) is 0 Å². The number of carboxylic acid groups (broad SMARTS) is 1. The third kappa shape index (κ3) is 5.10. The van der Waals surface area contributed by atoms with Gasteiger partial charge in [0.15, 0.2) is 0 Å². The van der Waals surface area contributed by atoms with Crippen molar-refractivity contribution >= 4 is 11.8 Å². The molecule has 18 heavy (non-hydrogen) atoms. The summed E-state index contributed by atoms with van der Waals surface area (Å²) in [6.07, 6.45) is 1.25. The van der Waals surface area contributed by atoms with Gasteiger partial charge in [-0.05, 0) is 38.4 Å². The Morgan fingerprint density at radius 3 is 2.44 bits per heavy atom. The summed E-state index contributed by atoms with van der Waals surface area (Å²) in [7, 11) is 0. The monoisotopic (exact) mass is 249 g/mol. The van der Waals surface area contributed by atoms with E-state index in [4.69, 9.17) is 5.11 Å². The predicted octanol–water partition coefficient (Wildman–Crippen LogP) is 1.50. The molecule has 0 bridgehead atoms. The van der Waals surface area contributed by atoms with Gasteiger partial charge in [0.2, 0.25) is 0 Å². The molecule has 0 heterocycles. The Bertz CT molecular complexity index is 375. The number of hydrogen-bond acceptors (Lipinski definition) is 3. The molecular weight excluding hydrogens is 230 g/mol. The number of carboxylic acids is 1. The number of Topliss-reactive ketones (excluding diaryl/α,β-unsaturated/α-hetero) is 1. The lowest BCUT2D eigenvalue weighted by Gasteiger charge is -2.09. The van der Waals surface area contributed by atoms with Crippen molar-refractivity contribution in [3.63, 3.8) is 0 Å². The summed E-state index contributed by atoms with van der Waals surface area (Å²) in [5, 5.41) is 12.0. The van der Waals surface area contributed by atoms with E-state index in [1.54, 1.807) is 0 Å². The number of rotatable bonds is 8. The van der Waals surface area contributed by atoms with E-state index in [1.807, 2.05) is 18.2 Å². The smallest absolute Gasteiger partial charge is 0.314 e. The quantitative estimate of drug-likeness (QED) is 0.541. The summed E-state index contributed by atoms with van der Waals surface area (Å²) < 4.78 is 0. The molecule has 0 amide bonds. The molecule has 1 atom stereocenters. The zero-order valence-electron chi connectivity index (χ0n) is 10.6. The van der Waals surface area contributed by atoms with Crippen LogP contribution in [0.15, 0.2) is 30.3 Å². The molecule has 98 valence electrons. The van der Waals surface area contributed by atoms with Crippen LogP contribution < -0.4 is 5.32 Å². The first kappa shape index (κ1) is 14.4. The van der Waals surface area contributed by atoms with Gasteiger partial charge in [-0.2, -0.15) is 0 Å². The van der Waals surface area contributed by atoms with Gasteiger partial charge in [-0.3, -0.25) is 9.59 Å². The number of hydrogen-bond donors (Lipinski definition) is 2. The van der Waals surface area contributed by atoms with Gasteiger partial charge in [0, 0.05) is 0 Å². The van der Waals surface area contributed by atoms with Crippen LogP contribution in [0.1, 0.15) is 18.9 Å². The SMILES string of the molecule is CC(=O)C(CCNCCc1ccccc1)C(=O)O. The third-order valence-corrected chi connectivity index (χ3v) is 2.83. The first-order valence-electron chi connectivity index (χ1n) is 6.09.